The fourth-order valence-electron chi connectivity index (χ4n) is 3.69. The first-order chi connectivity index (χ1) is 10.4. The Morgan fingerprint density at radius 1 is 1.55 bits per heavy atom. The number of nitrogens with one attached hydrogen (secondary N) is 1. The maximum absolute atomic E-state index is 14.0. The second-order valence-electron chi connectivity index (χ2n) is 6.21. The molecule has 1 heterocycles. The van der Waals surface area contributed by atoms with Crippen LogP contribution >= 0.6 is 15.9 Å². The second kappa shape index (κ2) is 5.37. The molecule has 1 aromatic carbocycles. The Morgan fingerprint density at radius 3 is 2.91 bits per heavy atom. The smallest absolute Gasteiger partial charge is 0.315 e. The highest BCUT2D eigenvalue weighted by atomic mass is 79.9. The molecule has 0 bridgehead atoms. The second-order valence-corrected chi connectivity index (χ2v) is 7.00. The van der Waals surface area contributed by atoms with Crippen LogP contribution in [0.3, 0.4) is 0 Å². The van der Waals surface area contributed by atoms with E-state index in [0.29, 0.717) is 23.7 Å². The molecule has 0 saturated carbocycles. The van der Waals surface area contributed by atoms with Crippen LogP contribution in [-0.4, -0.2) is 16.1 Å². The van der Waals surface area contributed by atoms with Gasteiger partial charge in [0, 0.05) is 11.1 Å². The summed E-state index contributed by atoms with van der Waals surface area (Å²) in [5, 5.41) is 10.7. The highest BCUT2D eigenvalue weighted by molar-refractivity contribution is 9.10. The summed E-state index contributed by atoms with van der Waals surface area (Å²) in [6.45, 7) is 3.91. The van der Waals surface area contributed by atoms with E-state index in [9.17, 15) is 14.3 Å². The number of aliphatic carboxylic acids is 1. The van der Waals surface area contributed by atoms with Crippen LogP contribution in [0.4, 0.5) is 4.39 Å². The van der Waals surface area contributed by atoms with Crippen LogP contribution in [0.2, 0.25) is 0 Å². The molecule has 0 saturated heterocycles. The lowest BCUT2D eigenvalue weighted by Gasteiger charge is -2.24. The molecular formula is C17H19BrFNO2. The third-order valence-corrected chi connectivity index (χ3v) is 5.69. The number of carboxylic acids is 1. The number of hydrogen-bond acceptors (Lipinski definition) is 1. The average Bonchev–Trinajstić information content (AvgIpc) is 3.01. The Labute approximate surface area is 137 Å². The molecule has 1 aliphatic carbocycles. The minimum atomic E-state index is -0.854. The third-order valence-electron chi connectivity index (χ3n) is 4.92. The molecule has 2 N–H and O–H groups in total. The zero-order chi connectivity index (χ0) is 16.1. The number of unbranched alkanes of at least 4 members (excludes halogenated alkanes) is 1. The van der Waals surface area contributed by atoms with Crippen molar-refractivity contribution in [3.8, 4) is 0 Å². The number of carboxylic acid groups (broad SMARTS) is 1. The lowest BCUT2D eigenvalue weighted by molar-refractivity contribution is -0.144. The Kier molecular flexibility index (Phi) is 3.79. The normalized spacial score (nSPS) is 20.5. The predicted octanol–water partition coefficient (Wildman–Crippen LogP) is 4.84. The number of H-pyrrole nitrogens is 1. The molecule has 0 amide bonds. The van der Waals surface area contributed by atoms with Gasteiger partial charge in [0.25, 0.3) is 0 Å². The van der Waals surface area contributed by atoms with Crippen molar-refractivity contribution in [3.63, 3.8) is 0 Å². The van der Waals surface area contributed by atoms with Crippen molar-refractivity contribution in [1.82, 2.24) is 4.98 Å². The van der Waals surface area contributed by atoms with Crippen LogP contribution in [0.5, 0.6) is 0 Å². The summed E-state index contributed by atoms with van der Waals surface area (Å²) in [5.74, 6) is -1.08. The summed E-state index contributed by atoms with van der Waals surface area (Å²) < 4.78 is 14.5. The number of halogens is 2. The number of fused-ring (bicyclic) bond motifs is 3. The van der Waals surface area contributed by atoms with E-state index in [4.69, 9.17) is 0 Å². The van der Waals surface area contributed by atoms with Gasteiger partial charge in [-0.25, -0.2) is 4.39 Å². The van der Waals surface area contributed by atoms with Crippen LogP contribution in [0, 0.1) is 12.7 Å². The van der Waals surface area contributed by atoms with Gasteiger partial charge in [0.15, 0.2) is 0 Å². The third kappa shape index (κ3) is 2.02. The van der Waals surface area contributed by atoms with Gasteiger partial charge < -0.3 is 10.1 Å². The van der Waals surface area contributed by atoms with E-state index in [1.165, 1.54) is 6.07 Å². The summed E-state index contributed by atoms with van der Waals surface area (Å²) in [6.07, 6.45) is 3.71. The van der Waals surface area contributed by atoms with Gasteiger partial charge in [0.1, 0.15) is 11.2 Å². The van der Waals surface area contributed by atoms with Crippen molar-refractivity contribution in [2.24, 2.45) is 0 Å². The average molecular weight is 368 g/mol. The Bertz CT molecular complexity index is 768. The van der Waals surface area contributed by atoms with Crippen molar-refractivity contribution in [2.75, 3.05) is 0 Å². The number of aryl methyl sites for hydroxylation is 2. The molecule has 2 aromatic rings. The van der Waals surface area contributed by atoms with E-state index >= 15 is 0 Å². The fraction of sp³-hybridized carbons (Fsp3) is 0.471. The van der Waals surface area contributed by atoms with E-state index < -0.39 is 11.4 Å². The summed E-state index contributed by atoms with van der Waals surface area (Å²) in [4.78, 5) is 15.3. The van der Waals surface area contributed by atoms with E-state index in [1.807, 2.05) is 6.92 Å². The van der Waals surface area contributed by atoms with Crippen molar-refractivity contribution in [1.29, 1.82) is 0 Å². The quantitative estimate of drug-likeness (QED) is 0.812. The summed E-state index contributed by atoms with van der Waals surface area (Å²) >= 11 is 3.33. The zero-order valence-corrected chi connectivity index (χ0v) is 14.3. The molecule has 1 atom stereocenters. The van der Waals surface area contributed by atoms with Gasteiger partial charge in [-0.1, -0.05) is 19.8 Å². The van der Waals surface area contributed by atoms with Gasteiger partial charge in [0.05, 0.1) is 9.99 Å². The number of hydrogen-bond donors (Lipinski definition) is 2. The highest BCUT2D eigenvalue weighted by Gasteiger charge is 2.47. The molecule has 0 spiro atoms. The van der Waals surface area contributed by atoms with Crippen molar-refractivity contribution in [2.45, 2.75) is 51.4 Å². The Hall–Kier alpha value is -1.36. The SMILES string of the molecule is CCCCC1(C(=O)O)CCc2c1[nH]c1c(C)cc(F)c(Br)c21. The van der Waals surface area contributed by atoms with Crippen molar-refractivity contribution < 1.29 is 14.3 Å². The van der Waals surface area contributed by atoms with E-state index in [2.05, 4.69) is 27.8 Å². The molecule has 5 heteroatoms. The minimum Gasteiger partial charge on any atom is -0.481 e. The molecule has 3 rings (SSSR count). The number of aromatic amines is 1. The van der Waals surface area contributed by atoms with Crippen LogP contribution < -0.4 is 0 Å². The van der Waals surface area contributed by atoms with Gasteiger partial charge >= 0.3 is 5.97 Å². The molecule has 1 unspecified atom stereocenters. The first-order valence-electron chi connectivity index (χ1n) is 7.65. The largest absolute Gasteiger partial charge is 0.481 e. The predicted molar refractivity (Wildman–Crippen MR) is 87.9 cm³/mol. The molecule has 22 heavy (non-hydrogen) atoms. The maximum Gasteiger partial charge on any atom is 0.315 e. The van der Waals surface area contributed by atoms with Crippen molar-refractivity contribution >= 4 is 32.8 Å². The number of benzene rings is 1. The van der Waals surface area contributed by atoms with Gasteiger partial charge in [-0.2, -0.15) is 0 Å². The van der Waals surface area contributed by atoms with Crippen LogP contribution in [0.25, 0.3) is 10.9 Å². The number of aromatic nitrogens is 1. The molecule has 1 aromatic heterocycles. The monoisotopic (exact) mass is 367 g/mol. The minimum absolute atomic E-state index is 0.298. The van der Waals surface area contributed by atoms with E-state index in [0.717, 1.165) is 40.6 Å². The van der Waals surface area contributed by atoms with Gasteiger partial charge in [0.2, 0.25) is 0 Å². The molecule has 3 nitrogen and oxygen atoms in total. The summed E-state index contributed by atoms with van der Waals surface area (Å²) in [7, 11) is 0. The summed E-state index contributed by atoms with van der Waals surface area (Å²) in [6, 6.07) is 1.48. The van der Waals surface area contributed by atoms with E-state index in [1.54, 1.807) is 0 Å². The fourth-order valence-corrected chi connectivity index (χ4v) is 4.25. The highest BCUT2D eigenvalue weighted by Crippen LogP contribution is 2.47. The topological polar surface area (TPSA) is 53.1 Å². The van der Waals surface area contributed by atoms with Crippen molar-refractivity contribution in [3.05, 3.63) is 33.2 Å². The van der Waals surface area contributed by atoms with E-state index in [-0.39, 0.29) is 5.82 Å². The number of rotatable bonds is 4. The zero-order valence-electron chi connectivity index (χ0n) is 12.7. The maximum atomic E-state index is 14.0. The first-order valence-corrected chi connectivity index (χ1v) is 8.44. The van der Waals surface area contributed by atoms with Gasteiger partial charge in [-0.05, 0) is 59.3 Å². The Balaban J connectivity index is 2.27. The molecule has 1 aliphatic rings. The van der Waals surface area contributed by atoms with Crippen LogP contribution in [0.15, 0.2) is 10.5 Å². The Morgan fingerprint density at radius 2 is 2.27 bits per heavy atom. The van der Waals surface area contributed by atoms with Gasteiger partial charge in [-0.3, -0.25) is 4.79 Å². The lowest BCUT2D eigenvalue weighted by atomic mass is 9.80. The number of carbonyl (C=O) groups is 1. The van der Waals surface area contributed by atoms with Crippen LogP contribution in [-0.2, 0) is 16.6 Å². The van der Waals surface area contributed by atoms with Crippen LogP contribution in [0.1, 0.15) is 49.4 Å². The molecular weight excluding hydrogens is 349 g/mol. The first kappa shape index (κ1) is 15.5. The molecule has 0 radical (unpaired) electrons. The summed E-state index contributed by atoms with van der Waals surface area (Å²) in [5.41, 5.74) is 2.54. The van der Waals surface area contributed by atoms with Gasteiger partial charge in [-0.15, -0.1) is 0 Å². The standard InChI is InChI=1S/C17H19BrFNO2/c1-3-4-6-17(16(21)22)7-5-10-12-13(18)11(19)8-9(2)14(12)20-15(10)17/h8,20H,3-7H2,1-2H3,(H,21,22). The molecule has 0 fully saturated rings. The molecule has 118 valence electrons. The lowest BCUT2D eigenvalue weighted by Crippen LogP contribution is -2.34. The molecule has 0 aliphatic heterocycles.